The zero-order chi connectivity index (χ0) is 15.2. The number of rotatable bonds is 2. The van der Waals surface area contributed by atoms with Crippen LogP contribution >= 0.6 is 11.3 Å². The van der Waals surface area contributed by atoms with Gasteiger partial charge >= 0.3 is 0 Å². The van der Waals surface area contributed by atoms with Crippen LogP contribution in [0.3, 0.4) is 0 Å². The Bertz CT molecular complexity index is 1090. The monoisotopic (exact) mass is 316 g/mol. The van der Waals surface area contributed by atoms with Crippen LogP contribution in [0.25, 0.3) is 37.7 Å². The predicted octanol–water partition coefficient (Wildman–Crippen LogP) is 4.61. The molecule has 5 rings (SSSR count). The van der Waals surface area contributed by atoms with Gasteiger partial charge in [-0.15, -0.1) is 0 Å². The zero-order valence-corrected chi connectivity index (χ0v) is 12.9. The van der Waals surface area contributed by atoms with E-state index in [1.807, 2.05) is 47.2 Å². The number of para-hydroxylation sites is 1. The number of aromatic amines is 1. The fourth-order valence-corrected chi connectivity index (χ4v) is 3.72. The van der Waals surface area contributed by atoms with E-state index in [0.717, 1.165) is 32.3 Å². The van der Waals surface area contributed by atoms with Gasteiger partial charge in [0, 0.05) is 28.2 Å². The average Bonchev–Trinajstić information content (AvgIpc) is 3.27. The summed E-state index contributed by atoms with van der Waals surface area (Å²) >= 11 is 1.61. The Morgan fingerprint density at radius 1 is 0.957 bits per heavy atom. The second kappa shape index (κ2) is 4.79. The Hall–Kier alpha value is -2.92. The molecule has 1 N–H and O–H groups in total. The summed E-state index contributed by atoms with van der Waals surface area (Å²) in [6, 6.07) is 18.4. The molecule has 4 nitrogen and oxygen atoms in total. The van der Waals surface area contributed by atoms with Crippen molar-refractivity contribution in [2.45, 2.75) is 0 Å². The summed E-state index contributed by atoms with van der Waals surface area (Å²) in [7, 11) is 0. The second-order valence-electron chi connectivity index (χ2n) is 5.37. The Labute approximate surface area is 136 Å². The Balaban J connectivity index is 1.63. The van der Waals surface area contributed by atoms with Crippen LogP contribution in [0.4, 0.5) is 0 Å². The number of hydrogen-bond acceptors (Lipinski definition) is 3. The van der Waals surface area contributed by atoms with Crippen molar-refractivity contribution in [3.05, 3.63) is 67.0 Å². The van der Waals surface area contributed by atoms with Crippen LogP contribution in [0.2, 0.25) is 0 Å². The number of nitrogens with zero attached hydrogens (tertiary/aromatic N) is 3. The third-order valence-electron chi connectivity index (χ3n) is 3.93. The van der Waals surface area contributed by atoms with E-state index >= 15 is 0 Å². The average molecular weight is 316 g/mol. The van der Waals surface area contributed by atoms with Crippen molar-refractivity contribution in [1.29, 1.82) is 0 Å². The molecule has 0 fully saturated rings. The number of hydrogen-bond donors (Lipinski definition) is 1. The second-order valence-corrected chi connectivity index (χ2v) is 6.33. The lowest BCUT2D eigenvalue weighted by Crippen LogP contribution is -1.81. The molecule has 0 amide bonds. The fourth-order valence-electron chi connectivity index (χ4n) is 2.81. The largest absolute Gasteiger partial charge is 0.360 e. The zero-order valence-electron chi connectivity index (χ0n) is 12.1. The molecule has 0 aliphatic heterocycles. The van der Waals surface area contributed by atoms with E-state index in [2.05, 4.69) is 29.2 Å². The standard InChI is InChI=1S/C18H12N4S/c1-2-6-12(7-3-1)16-11-22-18(20-16)23-17(21-22)14-10-19-15-9-5-4-8-13(14)15/h1-11,19H. The highest BCUT2D eigenvalue weighted by Crippen LogP contribution is 2.32. The van der Waals surface area contributed by atoms with Gasteiger partial charge in [0.1, 0.15) is 5.01 Å². The minimum Gasteiger partial charge on any atom is -0.360 e. The third kappa shape index (κ3) is 1.98. The van der Waals surface area contributed by atoms with Crippen LogP contribution < -0.4 is 0 Å². The first-order chi connectivity index (χ1) is 11.4. The first kappa shape index (κ1) is 12.6. The number of imidazole rings is 1. The topological polar surface area (TPSA) is 46.0 Å². The lowest BCUT2D eigenvalue weighted by atomic mass is 10.2. The van der Waals surface area contributed by atoms with Crippen molar-refractivity contribution >= 4 is 27.2 Å². The summed E-state index contributed by atoms with van der Waals surface area (Å²) in [5.41, 5.74) is 4.31. The highest BCUT2D eigenvalue weighted by atomic mass is 32.1. The molecule has 3 aromatic heterocycles. The van der Waals surface area contributed by atoms with Gasteiger partial charge in [-0.2, -0.15) is 5.10 Å². The molecule has 0 bridgehead atoms. The van der Waals surface area contributed by atoms with E-state index in [9.17, 15) is 0 Å². The molecule has 0 atom stereocenters. The molecule has 0 radical (unpaired) electrons. The molecule has 0 unspecified atom stereocenters. The van der Waals surface area contributed by atoms with Gasteiger partial charge in [0.25, 0.3) is 0 Å². The third-order valence-corrected chi connectivity index (χ3v) is 4.89. The van der Waals surface area contributed by atoms with E-state index in [0.29, 0.717) is 0 Å². The Morgan fingerprint density at radius 2 is 1.78 bits per heavy atom. The van der Waals surface area contributed by atoms with Gasteiger partial charge in [-0.3, -0.25) is 0 Å². The van der Waals surface area contributed by atoms with E-state index in [-0.39, 0.29) is 0 Å². The summed E-state index contributed by atoms with van der Waals surface area (Å²) in [6.45, 7) is 0. The molecule has 0 saturated heterocycles. The van der Waals surface area contributed by atoms with Gasteiger partial charge in [-0.25, -0.2) is 9.50 Å². The van der Waals surface area contributed by atoms with Crippen molar-refractivity contribution in [2.75, 3.05) is 0 Å². The normalized spacial score (nSPS) is 11.5. The summed E-state index contributed by atoms with van der Waals surface area (Å²) in [5.74, 6) is 0. The summed E-state index contributed by atoms with van der Waals surface area (Å²) in [5, 5.41) is 6.87. The van der Waals surface area contributed by atoms with Gasteiger partial charge in [0.15, 0.2) is 0 Å². The van der Waals surface area contributed by atoms with Crippen LogP contribution in [-0.2, 0) is 0 Å². The predicted molar refractivity (Wildman–Crippen MR) is 93.6 cm³/mol. The summed E-state index contributed by atoms with van der Waals surface area (Å²) in [6.07, 6.45) is 4.00. The van der Waals surface area contributed by atoms with Crippen LogP contribution in [0.5, 0.6) is 0 Å². The first-order valence-corrected chi connectivity index (χ1v) is 8.18. The van der Waals surface area contributed by atoms with Crippen molar-refractivity contribution < 1.29 is 0 Å². The maximum atomic E-state index is 4.70. The number of fused-ring (bicyclic) bond motifs is 2. The molecule has 0 spiro atoms. The summed E-state index contributed by atoms with van der Waals surface area (Å²) in [4.78, 5) is 8.91. The molecule has 5 heteroatoms. The lowest BCUT2D eigenvalue weighted by molar-refractivity contribution is 0.979. The lowest BCUT2D eigenvalue weighted by Gasteiger charge is -1.94. The molecule has 0 aliphatic rings. The minimum atomic E-state index is 0.907. The van der Waals surface area contributed by atoms with Gasteiger partial charge in [-0.1, -0.05) is 59.9 Å². The van der Waals surface area contributed by atoms with Crippen LogP contribution in [0, 0.1) is 0 Å². The quantitative estimate of drug-likeness (QED) is 0.517. The number of benzene rings is 2. The highest BCUT2D eigenvalue weighted by Gasteiger charge is 2.13. The molecule has 5 aromatic rings. The first-order valence-electron chi connectivity index (χ1n) is 7.36. The van der Waals surface area contributed by atoms with E-state index < -0.39 is 0 Å². The molecular formula is C18H12N4S. The maximum Gasteiger partial charge on any atom is 0.213 e. The van der Waals surface area contributed by atoms with Crippen LogP contribution in [-0.4, -0.2) is 19.6 Å². The Morgan fingerprint density at radius 3 is 2.65 bits per heavy atom. The van der Waals surface area contributed by atoms with Gasteiger partial charge in [-0.05, 0) is 6.07 Å². The number of aromatic nitrogens is 4. The molecular weight excluding hydrogens is 304 g/mol. The maximum absolute atomic E-state index is 4.70. The number of nitrogens with one attached hydrogen (secondary N) is 1. The smallest absolute Gasteiger partial charge is 0.213 e. The van der Waals surface area contributed by atoms with Crippen molar-refractivity contribution in [2.24, 2.45) is 0 Å². The van der Waals surface area contributed by atoms with Gasteiger partial charge in [0.2, 0.25) is 4.96 Å². The van der Waals surface area contributed by atoms with E-state index in [4.69, 9.17) is 10.1 Å². The van der Waals surface area contributed by atoms with Crippen LogP contribution in [0.1, 0.15) is 0 Å². The van der Waals surface area contributed by atoms with E-state index in [1.54, 1.807) is 11.3 Å². The highest BCUT2D eigenvalue weighted by molar-refractivity contribution is 7.20. The molecule has 23 heavy (non-hydrogen) atoms. The molecule has 0 saturated carbocycles. The van der Waals surface area contributed by atoms with Crippen LogP contribution in [0.15, 0.2) is 67.0 Å². The van der Waals surface area contributed by atoms with Gasteiger partial charge < -0.3 is 4.98 Å². The van der Waals surface area contributed by atoms with Crippen molar-refractivity contribution in [3.8, 4) is 21.8 Å². The molecule has 0 aliphatic carbocycles. The minimum absolute atomic E-state index is 0.907. The fraction of sp³-hybridized carbons (Fsp3) is 0. The Kier molecular flexibility index (Phi) is 2.63. The number of H-pyrrole nitrogens is 1. The molecule has 2 aromatic carbocycles. The van der Waals surface area contributed by atoms with Crippen molar-refractivity contribution in [1.82, 2.24) is 19.6 Å². The SMILES string of the molecule is c1ccc(-c2cn3nc(-c4c[nH]c5ccccc45)sc3n2)cc1. The van der Waals surface area contributed by atoms with E-state index in [1.165, 1.54) is 5.39 Å². The van der Waals surface area contributed by atoms with Crippen molar-refractivity contribution in [3.63, 3.8) is 0 Å². The summed E-state index contributed by atoms with van der Waals surface area (Å²) < 4.78 is 1.87. The van der Waals surface area contributed by atoms with Gasteiger partial charge in [0.05, 0.1) is 11.9 Å². The molecule has 3 heterocycles. The molecule has 110 valence electrons.